The van der Waals surface area contributed by atoms with Crippen molar-refractivity contribution in [1.82, 2.24) is 19.5 Å². The lowest BCUT2D eigenvalue weighted by Gasteiger charge is -2.10. The van der Waals surface area contributed by atoms with Crippen LogP contribution in [0.25, 0.3) is 0 Å². The third kappa shape index (κ3) is 3.68. The summed E-state index contributed by atoms with van der Waals surface area (Å²) in [7, 11) is -1.77. The van der Waals surface area contributed by atoms with Crippen LogP contribution in [0.4, 0.5) is 0 Å². The average Bonchev–Trinajstić information content (AvgIpc) is 2.90. The van der Waals surface area contributed by atoms with Gasteiger partial charge in [0.05, 0.1) is 11.4 Å². The molecule has 0 aliphatic carbocycles. The molecule has 0 spiro atoms. The van der Waals surface area contributed by atoms with Crippen molar-refractivity contribution in [3.8, 4) is 0 Å². The van der Waals surface area contributed by atoms with Crippen molar-refractivity contribution < 1.29 is 8.42 Å². The Balaban J connectivity index is 2.10. The van der Waals surface area contributed by atoms with Gasteiger partial charge in [-0.2, -0.15) is 0 Å². The lowest BCUT2D eigenvalue weighted by molar-refractivity contribution is 0.577. The van der Waals surface area contributed by atoms with Crippen molar-refractivity contribution in [1.29, 1.82) is 0 Å². The maximum absolute atomic E-state index is 12.2. The molecule has 1 heterocycles. The number of nitrogens with zero attached hydrogens (tertiary/aromatic N) is 3. The van der Waals surface area contributed by atoms with E-state index in [0.29, 0.717) is 11.7 Å². The van der Waals surface area contributed by atoms with Gasteiger partial charge in [0, 0.05) is 7.05 Å². The van der Waals surface area contributed by atoms with E-state index in [9.17, 15) is 8.42 Å². The molecule has 0 unspecified atom stereocenters. The molecule has 0 radical (unpaired) electrons. The fourth-order valence-corrected chi connectivity index (χ4v) is 2.90. The topological polar surface area (TPSA) is 76.9 Å². The zero-order chi connectivity index (χ0) is 15.5. The summed E-state index contributed by atoms with van der Waals surface area (Å²) in [6, 6.07) is 7.01. The van der Waals surface area contributed by atoms with Crippen LogP contribution in [0.15, 0.2) is 35.5 Å². The second-order valence-corrected chi connectivity index (χ2v) is 6.83. The number of sulfonamides is 1. The molecule has 1 atom stereocenters. The molecule has 0 aliphatic heterocycles. The van der Waals surface area contributed by atoms with Crippen LogP contribution < -0.4 is 4.72 Å². The van der Waals surface area contributed by atoms with Crippen LogP contribution >= 0.6 is 0 Å². The molecule has 0 amide bonds. The largest absolute Gasteiger partial charge is 0.320 e. The Morgan fingerprint density at radius 1 is 1.29 bits per heavy atom. The highest BCUT2D eigenvalue weighted by atomic mass is 32.2. The first-order valence-electron chi connectivity index (χ1n) is 6.86. The maximum Gasteiger partial charge on any atom is 0.240 e. The van der Waals surface area contributed by atoms with E-state index in [0.717, 1.165) is 12.0 Å². The fraction of sp³-hybridized carbons (Fsp3) is 0.429. The highest BCUT2D eigenvalue weighted by molar-refractivity contribution is 7.89. The van der Waals surface area contributed by atoms with E-state index in [1.54, 1.807) is 23.7 Å². The second-order valence-electron chi connectivity index (χ2n) is 5.06. The molecule has 0 saturated carbocycles. The van der Waals surface area contributed by atoms with Crippen molar-refractivity contribution in [2.24, 2.45) is 7.05 Å². The number of hydrogen-bond acceptors (Lipinski definition) is 4. The zero-order valence-corrected chi connectivity index (χ0v) is 13.3. The van der Waals surface area contributed by atoms with Crippen LogP contribution in [-0.4, -0.2) is 23.2 Å². The van der Waals surface area contributed by atoms with Gasteiger partial charge in [-0.15, -0.1) is 10.2 Å². The van der Waals surface area contributed by atoms with Gasteiger partial charge in [0.25, 0.3) is 0 Å². The molecule has 1 N–H and O–H groups in total. The average molecular weight is 308 g/mol. The SMILES string of the molecule is CC[C@@H](C)c1ccc(S(=O)(=O)NCc2nncn2C)cc1. The van der Waals surface area contributed by atoms with E-state index < -0.39 is 10.0 Å². The second kappa shape index (κ2) is 6.36. The van der Waals surface area contributed by atoms with Crippen molar-refractivity contribution in [3.05, 3.63) is 42.0 Å². The van der Waals surface area contributed by atoms with Crippen LogP contribution in [0.2, 0.25) is 0 Å². The number of nitrogens with one attached hydrogen (secondary N) is 1. The van der Waals surface area contributed by atoms with Crippen molar-refractivity contribution >= 4 is 10.0 Å². The molecular formula is C14H20N4O2S. The molecule has 0 saturated heterocycles. The van der Waals surface area contributed by atoms with Gasteiger partial charge in [-0.25, -0.2) is 13.1 Å². The van der Waals surface area contributed by atoms with E-state index in [1.165, 1.54) is 6.33 Å². The van der Waals surface area contributed by atoms with Crippen LogP contribution in [0.5, 0.6) is 0 Å². The van der Waals surface area contributed by atoms with Gasteiger partial charge in [0.2, 0.25) is 10.0 Å². The lowest BCUT2D eigenvalue weighted by Crippen LogP contribution is -2.24. The molecule has 7 heteroatoms. The Labute approximate surface area is 125 Å². The normalized spacial score (nSPS) is 13.3. The van der Waals surface area contributed by atoms with Crippen LogP contribution in [0.1, 0.15) is 37.6 Å². The van der Waals surface area contributed by atoms with Gasteiger partial charge >= 0.3 is 0 Å². The Morgan fingerprint density at radius 2 is 1.95 bits per heavy atom. The van der Waals surface area contributed by atoms with Crippen LogP contribution in [-0.2, 0) is 23.6 Å². The first-order valence-corrected chi connectivity index (χ1v) is 8.35. The summed E-state index contributed by atoms with van der Waals surface area (Å²) in [5.74, 6) is 0.989. The van der Waals surface area contributed by atoms with Crippen molar-refractivity contribution in [2.75, 3.05) is 0 Å². The predicted molar refractivity (Wildman–Crippen MR) is 80.2 cm³/mol. The Bertz CT molecular complexity index is 692. The molecule has 2 rings (SSSR count). The predicted octanol–water partition coefficient (Wildman–Crippen LogP) is 1.81. The molecule has 0 aliphatic rings. The van der Waals surface area contributed by atoms with Gasteiger partial charge in [0.15, 0.2) is 0 Å². The minimum Gasteiger partial charge on any atom is -0.320 e. The molecule has 6 nitrogen and oxygen atoms in total. The van der Waals surface area contributed by atoms with Crippen LogP contribution in [0, 0.1) is 0 Å². The fourth-order valence-electron chi connectivity index (χ4n) is 1.92. The van der Waals surface area contributed by atoms with E-state index in [-0.39, 0.29) is 11.4 Å². The Hall–Kier alpha value is -1.73. The first-order chi connectivity index (χ1) is 9.94. The third-order valence-corrected chi connectivity index (χ3v) is 5.01. The highest BCUT2D eigenvalue weighted by Crippen LogP contribution is 2.20. The van der Waals surface area contributed by atoms with Crippen molar-refractivity contribution in [3.63, 3.8) is 0 Å². The van der Waals surface area contributed by atoms with E-state index in [2.05, 4.69) is 28.8 Å². The summed E-state index contributed by atoms with van der Waals surface area (Å²) in [5.41, 5.74) is 1.14. The van der Waals surface area contributed by atoms with Gasteiger partial charge < -0.3 is 4.57 Å². The summed E-state index contributed by atoms with van der Waals surface area (Å²) >= 11 is 0. The smallest absolute Gasteiger partial charge is 0.240 e. The quantitative estimate of drug-likeness (QED) is 0.883. The molecule has 1 aromatic heterocycles. The van der Waals surface area contributed by atoms with Gasteiger partial charge in [-0.05, 0) is 30.0 Å². The van der Waals surface area contributed by atoms with E-state index >= 15 is 0 Å². The molecule has 114 valence electrons. The van der Waals surface area contributed by atoms with Gasteiger partial charge in [0.1, 0.15) is 12.2 Å². The summed E-state index contributed by atoms with van der Waals surface area (Å²) in [6.07, 6.45) is 2.56. The van der Waals surface area contributed by atoms with E-state index in [1.807, 2.05) is 12.1 Å². The summed E-state index contributed by atoms with van der Waals surface area (Å²) in [5, 5.41) is 7.56. The lowest BCUT2D eigenvalue weighted by atomic mass is 9.99. The summed E-state index contributed by atoms with van der Waals surface area (Å²) in [6.45, 7) is 4.35. The number of aromatic nitrogens is 3. The van der Waals surface area contributed by atoms with E-state index in [4.69, 9.17) is 0 Å². The standard InChI is InChI=1S/C14H20N4O2S/c1-4-11(2)12-5-7-13(8-6-12)21(19,20)16-9-14-17-15-10-18(14)3/h5-8,10-11,16H,4,9H2,1-3H3/t11-/m1/s1. The number of rotatable bonds is 6. The van der Waals surface area contributed by atoms with Crippen LogP contribution in [0.3, 0.4) is 0 Å². The number of benzene rings is 1. The third-order valence-electron chi connectivity index (χ3n) is 3.60. The summed E-state index contributed by atoms with van der Waals surface area (Å²) in [4.78, 5) is 0.261. The molecule has 2 aromatic rings. The molecule has 21 heavy (non-hydrogen) atoms. The molecule has 0 bridgehead atoms. The Kier molecular flexibility index (Phi) is 4.74. The molecule has 1 aromatic carbocycles. The minimum absolute atomic E-state index is 0.117. The number of hydrogen-bond donors (Lipinski definition) is 1. The Morgan fingerprint density at radius 3 is 2.48 bits per heavy atom. The molecule has 0 fully saturated rings. The monoisotopic (exact) mass is 308 g/mol. The highest BCUT2D eigenvalue weighted by Gasteiger charge is 2.15. The van der Waals surface area contributed by atoms with Gasteiger partial charge in [-0.3, -0.25) is 0 Å². The van der Waals surface area contributed by atoms with Gasteiger partial charge in [-0.1, -0.05) is 26.0 Å². The summed E-state index contributed by atoms with van der Waals surface area (Å²) < 4.78 is 28.6. The first kappa shape index (κ1) is 15.7. The van der Waals surface area contributed by atoms with Crippen molar-refractivity contribution in [2.45, 2.75) is 37.6 Å². The molecular weight excluding hydrogens is 288 g/mol. The minimum atomic E-state index is -3.53. The zero-order valence-electron chi connectivity index (χ0n) is 12.4. The number of aryl methyl sites for hydroxylation is 1. The maximum atomic E-state index is 12.2.